The molecule has 0 aliphatic rings. The van der Waals surface area contributed by atoms with Gasteiger partial charge in [0.15, 0.2) is 5.13 Å². The third-order valence-corrected chi connectivity index (χ3v) is 3.46. The van der Waals surface area contributed by atoms with Crippen LogP contribution in [-0.4, -0.2) is 22.4 Å². The maximum absolute atomic E-state index is 11.9. The molecule has 0 bridgehead atoms. The van der Waals surface area contributed by atoms with Crippen LogP contribution in [0.4, 0.5) is 10.8 Å². The van der Waals surface area contributed by atoms with E-state index in [9.17, 15) is 4.79 Å². The molecule has 1 amide bonds. The van der Waals surface area contributed by atoms with Crippen molar-refractivity contribution >= 4 is 44.0 Å². The molecule has 7 heteroatoms. The van der Waals surface area contributed by atoms with E-state index < -0.39 is 0 Å². The molecule has 0 radical (unpaired) electrons. The molecular weight excluding hydrogens is 316 g/mol. The first-order valence-corrected chi connectivity index (χ1v) is 6.92. The van der Waals surface area contributed by atoms with Crippen LogP contribution in [-0.2, 0) is 0 Å². The average molecular weight is 327 g/mol. The molecule has 0 spiro atoms. The van der Waals surface area contributed by atoms with E-state index in [1.165, 1.54) is 11.3 Å². The van der Waals surface area contributed by atoms with Gasteiger partial charge in [0.2, 0.25) is 0 Å². The van der Waals surface area contributed by atoms with Crippen molar-refractivity contribution in [2.75, 3.05) is 17.2 Å². The molecule has 0 aliphatic heterocycles. The van der Waals surface area contributed by atoms with Crippen LogP contribution >= 0.6 is 27.3 Å². The molecule has 2 aromatic rings. The summed E-state index contributed by atoms with van der Waals surface area (Å²) in [5.74, 6) is -0.267. The Labute approximate surface area is 117 Å². The van der Waals surface area contributed by atoms with Gasteiger partial charge in [0, 0.05) is 18.4 Å². The second-order valence-electron chi connectivity index (χ2n) is 3.38. The molecule has 0 saturated carbocycles. The summed E-state index contributed by atoms with van der Waals surface area (Å²) in [6.45, 7) is 2.79. The molecule has 5 nitrogen and oxygen atoms in total. The third-order valence-electron chi connectivity index (χ3n) is 2.07. The van der Waals surface area contributed by atoms with E-state index in [0.29, 0.717) is 10.8 Å². The fourth-order valence-electron chi connectivity index (χ4n) is 1.34. The summed E-state index contributed by atoms with van der Waals surface area (Å²) in [6, 6.07) is 3.53. The molecule has 2 heterocycles. The maximum atomic E-state index is 11.9. The minimum absolute atomic E-state index is 0.267. The summed E-state index contributed by atoms with van der Waals surface area (Å²) >= 11 is 4.64. The van der Waals surface area contributed by atoms with Gasteiger partial charge in [-0.15, -0.1) is 0 Å². The standard InChI is InChI=1S/C11H11BrN4OS/c1-2-13-7-3-4-14-8(5-7)10(17)16-11-15-6-9(12)18-11/h3-6H,2H2,1H3,(H,13,14)(H,15,16,17). The Bertz CT molecular complexity index is 557. The lowest BCUT2D eigenvalue weighted by Crippen LogP contribution is -2.13. The van der Waals surface area contributed by atoms with Gasteiger partial charge in [0.1, 0.15) is 5.69 Å². The predicted octanol–water partition coefficient (Wildman–Crippen LogP) is 2.98. The zero-order valence-electron chi connectivity index (χ0n) is 9.61. The van der Waals surface area contributed by atoms with E-state index in [2.05, 4.69) is 36.5 Å². The van der Waals surface area contributed by atoms with Crippen molar-refractivity contribution in [3.8, 4) is 0 Å². The number of carbonyl (C=O) groups is 1. The van der Waals surface area contributed by atoms with Crippen LogP contribution in [0.3, 0.4) is 0 Å². The molecule has 2 N–H and O–H groups in total. The van der Waals surface area contributed by atoms with Gasteiger partial charge in [-0.1, -0.05) is 11.3 Å². The van der Waals surface area contributed by atoms with Gasteiger partial charge < -0.3 is 5.32 Å². The van der Waals surface area contributed by atoms with Crippen molar-refractivity contribution in [1.82, 2.24) is 9.97 Å². The van der Waals surface area contributed by atoms with Gasteiger partial charge in [-0.2, -0.15) is 0 Å². The first kappa shape index (κ1) is 13.0. The zero-order valence-corrected chi connectivity index (χ0v) is 12.0. The van der Waals surface area contributed by atoms with Crippen LogP contribution in [0.15, 0.2) is 28.3 Å². The Morgan fingerprint density at radius 1 is 1.50 bits per heavy atom. The quantitative estimate of drug-likeness (QED) is 0.906. The van der Waals surface area contributed by atoms with Crippen LogP contribution in [0.1, 0.15) is 17.4 Å². The smallest absolute Gasteiger partial charge is 0.276 e. The lowest BCUT2D eigenvalue weighted by atomic mass is 10.3. The topological polar surface area (TPSA) is 66.9 Å². The van der Waals surface area contributed by atoms with Crippen molar-refractivity contribution in [2.24, 2.45) is 0 Å². The lowest BCUT2D eigenvalue weighted by Gasteiger charge is -2.05. The molecule has 94 valence electrons. The lowest BCUT2D eigenvalue weighted by molar-refractivity contribution is 0.102. The molecule has 0 fully saturated rings. The highest BCUT2D eigenvalue weighted by Crippen LogP contribution is 2.23. The number of halogens is 1. The second kappa shape index (κ2) is 5.92. The third kappa shape index (κ3) is 3.27. The minimum Gasteiger partial charge on any atom is -0.385 e. The number of rotatable bonds is 4. The summed E-state index contributed by atoms with van der Waals surface area (Å²) in [4.78, 5) is 20.0. The molecule has 0 aromatic carbocycles. The van der Waals surface area contributed by atoms with Crippen molar-refractivity contribution < 1.29 is 4.79 Å². The highest BCUT2D eigenvalue weighted by atomic mass is 79.9. The van der Waals surface area contributed by atoms with Crippen molar-refractivity contribution in [3.63, 3.8) is 0 Å². The monoisotopic (exact) mass is 326 g/mol. The van der Waals surface area contributed by atoms with Crippen LogP contribution < -0.4 is 10.6 Å². The fourth-order valence-corrected chi connectivity index (χ4v) is 2.44. The van der Waals surface area contributed by atoms with E-state index in [1.54, 1.807) is 18.5 Å². The second-order valence-corrected chi connectivity index (χ2v) is 5.79. The number of carbonyl (C=O) groups excluding carboxylic acids is 1. The Balaban J connectivity index is 2.11. The Hall–Kier alpha value is -1.47. The highest BCUT2D eigenvalue weighted by Gasteiger charge is 2.10. The van der Waals surface area contributed by atoms with Gasteiger partial charge in [-0.25, -0.2) is 4.98 Å². The number of aromatic nitrogens is 2. The summed E-state index contributed by atoms with van der Waals surface area (Å²) < 4.78 is 0.868. The fraction of sp³-hybridized carbons (Fsp3) is 0.182. The number of thiazole rings is 1. The van der Waals surface area contributed by atoms with Crippen molar-refractivity contribution in [3.05, 3.63) is 34.0 Å². The van der Waals surface area contributed by atoms with Gasteiger partial charge in [-0.3, -0.25) is 15.1 Å². The molecule has 2 aromatic heterocycles. The largest absolute Gasteiger partial charge is 0.385 e. The number of hydrogen-bond acceptors (Lipinski definition) is 5. The molecule has 0 aliphatic carbocycles. The van der Waals surface area contributed by atoms with E-state index in [-0.39, 0.29) is 5.91 Å². The maximum Gasteiger partial charge on any atom is 0.276 e. The number of nitrogens with one attached hydrogen (secondary N) is 2. The number of pyridine rings is 1. The number of amides is 1. The van der Waals surface area contributed by atoms with Gasteiger partial charge in [0.05, 0.1) is 9.98 Å². The molecule has 2 rings (SSSR count). The first-order valence-electron chi connectivity index (χ1n) is 5.31. The van der Waals surface area contributed by atoms with Gasteiger partial charge in [-0.05, 0) is 35.0 Å². The van der Waals surface area contributed by atoms with Crippen LogP contribution in [0.2, 0.25) is 0 Å². The van der Waals surface area contributed by atoms with E-state index >= 15 is 0 Å². The summed E-state index contributed by atoms with van der Waals surface area (Å²) in [5, 5.41) is 6.37. The summed E-state index contributed by atoms with van der Waals surface area (Å²) in [6.07, 6.45) is 3.24. The highest BCUT2D eigenvalue weighted by molar-refractivity contribution is 9.11. The first-order chi connectivity index (χ1) is 8.69. The molecule has 0 atom stereocenters. The number of hydrogen-bond donors (Lipinski definition) is 2. The molecule has 18 heavy (non-hydrogen) atoms. The Morgan fingerprint density at radius 2 is 2.33 bits per heavy atom. The number of nitrogens with zero attached hydrogens (tertiary/aromatic N) is 2. The SMILES string of the molecule is CCNc1ccnc(C(=O)Nc2ncc(Br)s2)c1. The van der Waals surface area contributed by atoms with Crippen LogP contribution in [0.5, 0.6) is 0 Å². The van der Waals surface area contributed by atoms with Crippen molar-refractivity contribution in [2.45, 2.75) is 6.92 Å². The van der Waals surface area contributed by atoms with Crippen LogP contribution in [0.25, 0.3) is 0 Å². The van der Waals surface area contributed by atoms with Gasteiger partial charge in [0.25, 0.3) is 5.91 Å². The summed E-state index contributed by atoms with van der Waals surface area (Å²) in [7, 11) is 0. The van der Waals surface area contributed by atoms with Crippen molar-refractivity contribution in [1.29, 1.82) is 0 Å². The zero-order chi connectivity index (χ0) is 13.0. The number of anilines is 2. The van der Waals surface area contributed by atoms with E-state index in [1.807, 2.05) is 13.0 Å². The molecule has 0 saturated heterocycles. The predicted molar refractivity (Wildman–Crippen MR) is 76.2 cm³/mol. The molecule has 0 unspecified atom stereocenters. The van der Waals surface area contributed by atoms with Crippen LogP contribution in [0, 0.1) is 0 Å². The Morgan fingerprint density at radius 3 is 3.00 bits per heavy atom. The van der Waals surface area contributed by atoms with E-state index in [0.717, 1.165) is 16.0 Å². The van der Waals surface area contributed by atoms with E-state index in [4.69, 9.17) is 0 Å². The molecular formula is C11H11BrN4OS. The summed E-state index contributed by atoms with van der Waals surface area (Å²) in [5.41, 5.74) is 1.23. The van der Waals surface area contributed by atoms with Gasteiger partial charge >= 0.3 is 0 Å². The normalized spacial score (nSPS) is 10.1. The Kier molecular flexibility index (Phi) is 4.27. The average Bonchev–Trinajstić information content (AvgIpc) is 2.75. The minimum atomic E-state index is -0.267.